The molecule has 2 N–H and O–H groups in total. The van der Waals surface area contributed by atoms with E-state index >= 15 is 0 Å². The summed E-state index contributed by atoms with van der Waals surface area (Å²) < 4.78 is 0. The fourth-order valence-corrected chi connectivity index (χ4v) is 3.28. The molecule has 1 saturated heterocycles. The van der Waals surface area contributed by atoms with Gasteiger partial charge < -0.3 is 20.2 Å². The van der Waals surface area contributed by atoms with Crippen molar-refractivity contribution in [1.29, 1.82) is 0 Å². The summed E-state index contributed by atoms with van der Waals surface area (Å²) in [6, 6.07) is 0.379. The summed E-state index contributed by atoms with van der Waals surface area (Å²) in [4.78, 5) is 27.2. The van der Waals surface area contributed by atoms with Crippen LogP contribution in [-0.2, 0) is 4.79 Å². The number of carbonyl (C=O) groups excluding carboxylic acids is 1. The van der Waals surface area contributed by atoms with Crippen LogP contribution in [0.25, 0.3) is 0 Å². The van der Waals surface area contributed by atoms with Crippen LogP contribution in [0.3, 0.4) is 0 Å². The van der Waals surface area contributed by atoms with Crippen LogP contribution < -0.4 is 5.32 Å². The second-order valence-corrected chi connectivity index (χ2v) is 6.17. The number of likely N-dealkylation sites (tertiary alicyclic amines) is 1. The molecule has 1 aliphatic heterocycles. The van der Waals surface area contributed by atoms with Crippen LogP contribution >= 0.6 is 0 Å². The zero-order valence-electron chi connectivity index (χ0n) is 12.3. The molecule has 20 heavy (non-hydrogen) atoms. The predicted octanol–water partition coefficient (Wildman–Crippen LogP) is 0.833. The average Bonchev–Trinajstić information content (AvgIpc) is 3.04. The molecule has 3 atom stereocenters. The lowest BCUT2D eigenvalue weighted by Gasteiger charge is -2.22. The number of carboxylic acid groups (broad SMARTS) is 1. The second kappa shape index (κ2) is 6.43. The van der Waals surface area contributed by atoms with Gasteiger partial charge in [-0.1, -0.05) is 6.42 Å². The SMILES string of the molecule is CN(C)C1CCN(C(=O)NCC2CCCC2C(=O)O)C1. The van der Waals surface area contributed by atoms with Crippen LogP contribution in [0.5, 0.6) is 0 Å². The van der Waals surface area contributed by atoms with E-state index in [2.05, 4.69) is 10.2 Å². The summed E-state index contributed by atoms with van der Waals surface area (Å²) in [5, 5.41) is 12.0. The van der Waals surface area contributed by atoms with Crippen molar-refractivity contribution in [3.63, 3.8) is 0 Å². The van der Waals surface area contributed by atoms with E-state index < -0.39 is 5.97 Å². The Hall–Kier alpha value is -1.30. The van der Waals surface area contributed by atoms with Gasteiger partial charge in [-0.25, -0.2) is 4.79 Å². The molecule has 1 saturated carbocycles. The topological polar surface area (TPSA) is 72.9 Å². The number of carbonyl (C=O) groups is 2. The predicted molar refractivity (Wildman–Crippen MR) is 75.5 cm³/mol. The van der Waals surface area contributed by atoms with Crippen LogP contribution in [0.4, 0.5) is 4.79 Å². The number of amides is 2. The summed E-state index contributed by atoms with van der Waals surface area (Å²) in [7, 11) is 4.06. The van der Waals surface area contributed by atoms with Crippen LogP contribution in [0.15, 0.2) is 0 Å². The number of hydrogen-bond acceptors (Lipinski definition) is 3. The Labute approximate surface area is 120 Å². The minimum absolute atomic E-state index is 0.0506. The normalized spacial score (nSPS) is 29.9. The van der Waals surface area contributed by atoms with Crippen molar-refractivity contribution in [2.75, 3.05) is 33.7 Å². The van der Waals surface area contributed by atoms with Gasteiger partial charge in [0, 0.05) is 25.7 Å². The van der Waals surface area contributed by atoms with E-state index in [1.807, 2.05) is 19.0 Å². The Kier molecular flexibility index (Phi) is 4.86. The van der Waals surface area contributed by atoms with Crippen LogP contribution in [-0.4, -0.2) is 66.7 Å². The van der Waals surface area contributed by atoms with Gasteiger partial charge in [-0.15, -0.1) is 0 Å². The van der Waals surface area contributed by atoms with Crippen molar-refractivity contribution in [3.05, 3.63) is 0 Å². The van der Waals surface area contributed by atoms with Crippen molar-refractivity contribution < 1.29 is 14.7 Å². The van der Waals surface area contributed by atoms with Gasteiger partial charge in [0.05, 0.1) is 5.92 Å². The highest BCUT2D eigenvalue weighted by Crippen LogP contribution is 2.31. The van der Waals surface area contributed by atoms with E-state index in [0.717, 1.165) is 38.8 Å². The van der Waals surface area contributed by atoms with Crippen molar-refractivity contribution in [3.8, 4) is 0 Å². The van der Waals surface area contributed by atoms with E-state index in [1.165, 1.54) is 0 Å². The quantitative estimate of drug-likeness (QED) is 0.801. The summed E-state index contributed by atoms with van der Waals surface area (Å²) >= 11 is 0. The number of urea groups is 1. The van der Waals surface area contributed by atoms with Crippen molar-refractivity contribution in [2.24, 2.45) is 11.8 Å². The van der Waals surface area contributed by atoms with Crippen LogP contribution in [0, 0.1) is 11.8 Å². The van der Waals surface area contributed by atoms with Gasteiger partial charge in [0.2, 0.25) is 0 Å². The fourth-order valence-electron chi connectivity index (χ4n) is 3.28. The second-order valence-electron chi connectivity index (χ2n) is 6.17. The first-order valence-corrected chi connectivity index (χ1v) is 7.41. The molecule has 3 unspecified atom stereocenters. The molecule has 2 rings (SSSR count). The Morgan fingerprint density at radius 3 is 2.65 bits per heavy atom. The molecule has 2 aliphatic rings. The molecular weight excluding hydrogens is 258 g/mol. The van der Waals surface area contributed by atoms with Gasteiger partial charge in [-0.2, -0.15) is 0 Å². The third-order valence-electron chi connectivity index (χ3n) is 4.67. The van der Waals surface area contributed by atoms with E-state index in [0.29, 0.717) is 12.6 Å². The van der Waals surface area contributed by atoms with E-state index in [9.17, 15) is 9.59 Å². The Morgan fingerprint density at radius 2 is 2.05 bits per heavy atom. The molecule has 0 spiro atoms. The number of nitrogens with zero attached hydrogens (tertiary/aromatic N) is 2. The highest BCUT2D eigenvalue weighted by molar-refractivity contribution is 5.75. The number of likely N-dealkylation sites (N-methyl/N-ethyl adjacent to an activating group) is 1. The molecule has 0 aromatic carbocycles. The van der Waals surface area contributed by atoms with Gasteiger partial charge >= 0.3 is 12.0 Å². The minimum Gasteiger partial charge on any atom is -0.481 e. The Morgan fingerprint density at radius 1 is 1.30 bits per heavy atom. The highest BCUT2D eigenvalue weighted by atomic mass is 16.4. The third kappa shape index (κ3) is 3.42. The zero-order chi connectivity index (χ0) is 14.7. The molecule has 6 heteroatoms. The molecule has 2 amide bonds. The van der Waals surface area contributed by atoms with E-state index in [-0.39, 0.29) is 17.9 Å². The highest BCUT2D eigenvalue weighted by Gasteiger charge is 2.34. The summed E-state index contributed by atoms with van der Waals surface area (Å²) in [5.74, 6) is -0.928. The molecule has 1 aliphatic carbocycles. The standard InChI is InChI=1S/C14H25N3O3/c1-16(2)11-6-7-17(9-11)14(20)15-8-10-4-3-5-12(10)13(18)19/h10-12H,3-9H2,1-2H3,(H,15,20)(H,18,19). The first kappa shape index (κ1) is 15.1. The van der Waals surface area contributed by atoms with Crippen LogP contribution in [0.2, 0.25) is 0 Å². The van der Waals surface area contributed by atoms with Gasteiger partial charge in [-0.05, 0) is 39.3 Å². The first-order valence-electron chi connectivity index (χ1n) is 7.41. The average molecular weight is 283 g/mol. The lowest BCUT2D eigenvalue weighted by atomic mass is 9.96. The van der Waals surface area contributed by atoms with Crippen molar-refractivity contribution in [1.82, 2.24) is 15.1 Å². The number of nitrogens with one attached hydrogen (secondary N) is 1. The zero-order valence-corrected chi connectivity index (χ0v) is 12.3. The van der Waals surface area contributed by atoms with Gasteiger partial charge in [0.25, 0.3) is 0 Å². The Balaban J connectivity index is 1.77. The van der Waals surface area contributed by atoms with Gasteiger partial charge in [0.1, 0.15) is 0 Å². The summed E-state index contributed by atoms with van der Waals surface area (Å²) in [5.41, 5.74) is 0. The molecule has 2 fully saturated rings. The monoisotopic (exact) mass is 283 g/mol. The number of aliphatic carboxylic acids is 1. The molecule has 0 radical (unpaired) electrons. The maximum atomic E-state index is 12.1. The summed E-state index contributed by atoms with van der Waals surface area (Å²) in [6.45, 7) is 2.02. The number of carboxylic acids is 1. The van der Waals surface area contributed by atoms with Crippen LogP contribution in [0.1, 0.15) is 25.7 Å². The maximum Gasteiger partial charge on any atom is 0.317 e. The maximum absolute atomic E-state index is 12.1. The molecule has 114 valence electrons. The van der Waals surface area contributed by atoms with Crippen molar-refractivity contribution >= 4 is 12.0 Å². The smallest absolute Gasteiger partial charge is 0.317 e. The molecule has 1 heterocycles. The molecule has 6 nitrogen and oxygen atoms in total. The largest absolute Gasteiger partial charge is 0.481 e. The molecule has 0 bridgehead atoms. The van der Waals surface area contributed by atoms with Gasteiger partial charge in [0.15, 0.2) is 0 Å². The van der Waals surface area contributed by atoms with E-state index in [4.69, 9.17) is 5.11 Å². The lowest BCUT2D eigenvalue weighted by molar-refractivity contribution is -0.142. The lowest BCUT2D eigenvalue weighted by Crippen LogP contribution is -2.43. The third-order valence-corrected chi connectivity index (χ3v) is 4.67. The minimum atomic E-state index is -0.726. The first-order chi connectivity index (χ1) is 9.49. The van der Waals surface area contributed by atoms with E-state index in [1.54, 1.807) is 0 Å². The number of hydrogen-bond donors (Lipinski definition) is 2. The molecular formula is C14H25N3O3. The van der Waals surface area contributed by atoms with Gasteiger partial charge in [-0.3, -0.25) is 4.79 Å². The van der Waals surface area contributed by atoms with Crippen molar-refractivity contribution in [2.45, 2.75) is 31.7 Å². The molecule has 0 aromatic rings. The Bertz CT molecular complexity index is 373. The summed E-state index contributed by atoms with van der Waals surface area (Å²) in [6.07, 6.45) is 3.59. The number of rotatable bonds is 4. The molecule has 0 aromatic heterocycles. The fraction of sp³-hybridized carbons (Fsp3) is 0.857.